The molecule has 0 fully saturated rings. The molecule has 1 aromatic heterocycles. The summed E-state index contributed by atoms with van der Waals surface area (Å²) in [6.45, 7) is -1.01. The Bertz CT molecular complexity index is 1270. The molecule has 1 aromatic carbocycles. The molecule has 176 valence electrons. The molecule has 4 rings (SSSR count). The normalized spacial score (nSPS) is 14.1. The first kappa shape index (κ1) is 23.0. The van der Waals surface area contributed by atoms with Crippen molar-refractivity contribution in [1.82, 2.24) is 4.90 Å². The summed E-state index contributed by atoms with van der Waals surface area (Å²) in [6.07, 6.45) is 2.00. The van der Waals surface area contributed by atoms with Gasteiger partial charge < -0.3 is 15.8 Å². The molecule has 2 heterocycles. The number of nitrogens with zero attached hydrogens (tertiary/aromatic N) is 2. The van der Waals surface area contributed by atoms with Crippen molar-refractivity contribution in [2.24, 2.45) is 5.73 Å². The number of aryl methyl sites for hydroxylation is 1. The van der Waals surface area contributed by atoms with Gasteiger partial charge in [0.1, 0.15) is 10.6 Å². The standard InChI is InChI=1S/C21H18N4O8S/c22-18(28)17-10-3-2-6-13(10)34-19(17)23-14(26)9-33-15(27)7-8-24-20(29)11-4-1-5-12(25(31)32)16(11)21(24)30/h1,4-5H,2-3,6-9H2,(H2,22,28)(H,23,26). The maximum atomic E-state index is 12.5. The third-order valence-corrected chi connectivity index (χ3v) is 6.71. The molecular formula is C21H18N4O8S. The second-order valence-corrected chi connectivity index (χ2v) is 8.71. The molecule has 1 aliphatic heterocycles. The van der Waals surface area contributed by atoms with E-state index < -0.39 is 53.2 Å². The maximum Gasteiger partial charge on any atom is 0.308 e. The molecule has 0 saturated carbocycles. The minimum absolute atomic E-state index is 0.111. The predicted octanol–water partition coefficient (Wildman–Crippen LogP) is 1.41. The highest BCUT2D eigenvalue weighted by atomic mass is 32.1. The fraction of sp³-hybridized carbons (Fsp3) is 0.286. The van der Waals surface area contributed by atoms with Gasteiger partial charge in [-0.15, -0.1) is 11.3 Å². The van der Waals surface area contributed by atoms with Crippen LogP contribution in [0.4, 0.5) is 10.7 Å². The van der Waals surface area contributed by atoms with Crippen LogP contribution in [0.3, 0.4) is 0 Å². The topological polar surface area (TPSA) is 179 Å². The van der Waals surface area contributed by atoms with Gasteiger partial charge in [-0.3, -0.25) is 39.0 Å². The van der Waals surface area contributed by atoms with Crippen LogP contribution in [0.25, 0.3) is 0 Å². The first-order chi connectivity index (χ1) is 16.2. The van der Waals surface area contributed by atoms with Crippen LogP contribution in [0.5, 0.6) is 0 Å². The summed E-state index contributed by atoms with van der Waals surface area (Å²) in [5.74, 6) is -3.80. The van der Waals surface area contributed by atoms with Gasteiger partial charge in [-0.05, 0) is 30.9 Å². The Labute approximate surface area is 195 Å². The van der Waals surface area contributed by atoms with Crippen LogP contribution >= 0.6 is 11.3 Å². The number of nitro benzene ring substituents is 1. The number of benzene rings is 1. The van der Waals surface area contributed by atoms with Crippen LogP contribution in [-0.2, 0) is 27.2 Å². The van der Waals surface area contributed by atoms with Crippen molar-refractivity contribution in [3.8, 4) is 0 Å². The molecule has 4 amide bonds. The van der Waals surface area contributed by atoms with Gasteiger partial charge in [-0.2, -0.15) is 0 Å². The quantitative estimate of drug-likeness (QED) is 0.243. The number of thiophene rings is 1. The van der Waals surface area contributed by atoms with E-state index in [4.69, 9.17) is 10.5 Å². The number of carbonyl (C=O) groups is 5. The SMILES string of the molecule is NC(=O)c1c(NC(=O)COC(=O)CCN2C(=O)c3cccc([N+](=O)[O-])c3C2=O)sc2c1CCC2. The zero-order chi connectivity index (χ0) is 24.6. The van der Waals surface area contributed by atoms with Crippen molar-refractivity contribution in [3.05, 3.63) is 55.4 Å². The number of fused-ring (bicyclic) bond motifs is 2. The van der Waals surface area contributed by atoms with E-state index >= 15 is 0 Å². The molecule has 3 N–H and O–H groups in total. The molecule has 2 aliphatic rings. The largest absolute Gasteiger partial charge is 0.456 e. The van der Waals surface area contributed by atoms with E-state index in [9.17, 15) is 34.1 Å². The zero-order valence-corrected chi connectivity index (χ0v) is 18.4. The van der Waals surface area contributed by atoms with Gasteiger partial charge in [0.05, 0.1) is 22.5 Å². The van der Waals surface area contributed by atoms with Crippen LogP contribution in [0.1, 0.15) is 54.4 Å². The highest BCUT2D eigenvalue weighted by Gasteiger charge is 2.40. The Kier molecular flexibility index (Phi) is 6.11. The number of nitrogens with one attached hydrogen (secondary N) is 1. The molecule has 0 radical (unpaired) electrons. The van der Waals surface area contributed by atoms with E-state index in [1.165, 1.54) is 23.5 Å². The predicted molar refractivity (Wildman–Crippen MR) is 118 cm³/mol. The van der Waals surface area contributed by atoms with Crippen molar-refractivity contribution in [2.45, 2.75) is 25.7 Å². The first-order valence-electron chi connectivity index (χ1n) is 10.2. The summed E-state index contributed by atoms with van der Waals surface area (Å²) < 4.78 is 4.90. The smallest absolute Gasteiger partial charge is 0.308 e. The number of primary amides is 1. The van der Waals surface area contributed by atoms with Gasteiger partial charge in [0.2, 0.25) is 0 Å². The Hall–Kier alpha value is -4.13. The van der Waals surface area contributed by atoms with Crippen molar-refractivity contribution in [2.75, 3.05) is 18.5 Å². The average molecular weight is 486 g/mol. The van der Waals surface area contributed by atoms with Gasteiger partial charge in [0, 0.05) is 17.5 Å². The second-order valence-electron chi connectivity index (χ2n) is 7.60. The lowest BCUT2D eigenvalue weighted by molar-refractivity contribution is -0.385. The van der Waals surface area contributed by atoms with E-state index in [1.807, 2.05) is 0 Å². The molecule has 34 heavy (non-hydrogen) atoms. The van der Waals surface area contributed by atoms with Crippen LogP contribution in [0, 0.1) is 10.1 Å². The molecule has 12 nitrogen and oxygen atoms in total. The van der Waals surface area contributed by atoms with E-state index in [1.54, 1.807) is 0 Å². The number of hydrogen-bond donors (Lipinski definition) is 2. The van der Waals surface area contributed by atoms with E-state index in [0.29, 0.717) is 11.4 Å². The molecular weight excluding hydrogens is 468 g/mol. The third-order valence-electron chi connectivity index (χ3n) is 5.50. The van der Waals surface area contributed by atoms with Crippen LogP contribution in [0.2, 0.25) is 0 Å². The van der Waals surface area contributed by atoms with Gasteiger partial charge in [0.15, 0.2) is 6.61 Å². The van der Waals surface area contributed by atoms with Gasteiger partial charge in [0.25, 0.3) is 29.3 Å². The lowest BCUT2D eigenvalue weighted by Crippen LogP contribution is -2.32. The lowest BCUT2D eigenvalue weighted by Gasteiger charge is -2.13. The fourth-order valence-electron chi connectivity index (χ4n) is 4.01. The van der Waals surface area contributed by atoms with Gasteiger partial charge in [-0.1, -0.05) is 6.07 Å². The minimum atomic E-state index is -0.873. The average Bonchev–Trinajstić information content (AvgIpc) is 3.43. The molecule has 0 bridgehead atoms. The van der Waals surface area contributed by atoms with Crippen LogP contribution in [-0.4, -0.2) is 52.6 Å². The maximum absolute atomic E-state index is 12.5. The number of hydrogen-bond acceptors (Lipinski definition) is 9. The van der Waals surface area contributed by atoms with Crippen molar-refractivity contribution in [3.63, 3.8) is 0 Å². The van der Waals surface area contributed by atoms with E-state index in [-0.39, 0.29) is 23.2 Å². The molecule has 0 saturated heterocycles. The Morgan fingerprint density at radius 2 is 1.97 bits per heavy atom. The zero-order valence-electron chi connectivity index (χ0n) is 17.6. The monoisotopic (exact) mass is 486 g/mol. The summed E-state index contributed by atoms with van der Waals surface area (Å²) in [6, 6.07) is 3.71. The number of nitro groups is 1. The number of amides is 4. The molecule has 2 aromatic rings. The highest BCUT2D eigenvalue weighted by molar-refractivity contribution is 7.17. The summed E-state index contributed by atoms with van der Waals surface area (Å²) >= 11 is 1.26. The lowest BCUT2D eigenvalue weighted by atomic mass is 10.1. The minimum Gasteiger partial charge on any atom is -0.456 e. The summed E-state index contributed by atoms with van der Waals surface area (Å²) in [5, 5.41) is 14.0. The number of ether oxygens (including phenoxy) is 1. The third kappa shape index (κ3) is 4.12. The van der Waals surface area contributed by atoms with Crippen molar-refractivity contribution >= 4 is 51.6 Å². The molecule has 1 aliphatic carbocycles. The summed E-state index contributed by atoms with van der Waals surface area (Å²) in [4.78, 5) is 73.1. The summed E-state index contributed by atoms with van der Waals surface area (Å²) in [5.41, 5.74) is 5.63. The molecule has 0 unspecified atom stereocenters. The molecule has 0 atom stereocenters. The number of rotatable bonds is 8. The first-order valence-corrected chi connectivity index (χ1v) is 11.0. The Morgan fingerprint density at radius 3 is 2.68 bits per heavy atom. The van der Waals surface area contributed by atoms with Gasteiger partial charge in [-0.25, -0.2) is 0 Å². The summed E-state index contributed by atoms with van der Waals surface area (Å²) in [7, 11) is 0. The second kappa shape index (κ2) is 9.02. The Morgan fingerprint density at radius 1 is 1.21 bits per heavy atom. The Balaban J connectivity index is 1.32. The van der Waals surface area contributed by atoms with E-state index in [2.05, 4.69) is 5.32 Å². The van der Waals surface area contributed by atoms with Crippen molar-refractivity contribution in [1.29, 1.82) is 0 Å². The number of esters is 1. The fourth-order valence-corrected chi connectivity index (χ4v) is 5.32. The molecule has 0 spiro atoms. The number of nitrogens with two attached hydrogens (primary N) is 1. The molecule has 13 heteroatoms. The number of imide groups is 1. The number of carbonyl (C=O) groups excluding carboxylic acids is 5. The number of anilines is 1. The van der Waals surface area contributed by atoms with Crippen LogP contribution < -0.4 is 11.1 Å². The highest BCUT2D eigenvalue weighted by Crippen LogP contribution is 2.38. The van der Waals surface area contributed by atoms with E-state index in [0.717, 1.165) is 34.2 Å². The van der Waals surface area contributed by atoms with Gasteiger partial charge >= 0.3 is 5.97 Å². The van der Waals surface area contributed by atoms with Crippen LogP contribution in [0.15, 0.2) is 18.2 Å². The van der Waals surface area contributed by atoms with Crippen molar-refractivity contribution < 1.29 is 33.6 Å².